The number of carbonyl (C=O) groups is 1. The lowest BCUT2D eigenvalue weighted by Crippen LogP contribution is -2.25. The van der Waals surface area contributed by atoms with Crippen LogP contribution in [0.15, 0.2) is 97.1 Å². The van der Waals surface area contributed by atoms with Crippen molar-refractivity contribution in [3.8, 4) is 10.4 Å². The second kappa shape index (κ2) is 10.0. The summed E-state index contributed by atoms with van der Waals surface area (Å²) >= 11 is 1.19. The maximum atomic E-state index is 13.0. The Morgan fingerprint density at radius 2 is 1.45 bits per heavy atom. The van der Waals surface area contributed by atoms with Crippen LogP contribution >= 0.6 is 11.3 Å². The van der Waals surface area contributed by atoms with Crippen molar-refractivity contribution in [3.63, 3.8) is 0 Å². The van der Waals surface area contributed by atoms with E-state index in [2.05, 4.69) is 29.6 Å². The molecule has 168 valence electrons. The van der Waals surface area contributed by atoms with Gasteiger partial charge < -0.3 is 5.32 Å². The molecule has 0 unspecified atom stereocenters. The van der Waals surface area contributed by atoms with Crippen LogP contribution in [-0.2, 0) is 6.18 Å². The van der Waals surface area contributed by atoms with E-state index in [4.69, 9.17) is 0 Å². The molecule has 4 aromatic rings. The van der Waals surface area contributed by atoms with Gasteiger partial charge in [-0.2, -0.15) is 13.2 Å². The first kappa shape index (κ1) is 22.8. The van der Waals surface area contributed by atoms with Crippen molar-refractivity contribution < 1.29 is 18.0 Å². The summed E-state index contributed by atoms with van der Waals surface area (Å²) in [4.78, 5) is 13.8. The van der Waals surface area contributed by atoms with Gasteiger partial charge in [0.25, 0.3) is 5.91 Å². The summed E-state index contributed by atoms with van der Waals surface area (Å²) < 4.78 is 39.0. The minimum atomic E-state index is -4.40. The Hall–Kier alpha value is -3.38. The molecule has 0 saturated heterocycles. The van der Waals surface area contributed by atoms with E-state index in [9.17, 15) is 18.0 Å². The van der Waals surface area contributed by atoms with Crippen LogP contribution in [0.1, 0.15) is 38.7 Å². The van der Waals surface area contributed by atoms with Gasteiger partial charge in [-0.3, -0.25) is 4.79 Å². The highest BCUT2D eigenvalue weighted by Crippen LogP contribution is 2.34. The van der Waals surface area contributed by atoms with E-state index in [-0.39, 0.29) is 11.8 Å². The van der Waals surface area contributed by atoms with Gasteiger partial charge in [0.05, 0.1) is 10.4 Å². The molecule has 0 saturated carbocycles. The molecule has 1 heterocycles. The van der Waals surface area contributed by atoms with E-state index in [1.165, 1.54) is 28.5 Å². The molecular weight excluding hydrogens is 443 g/mol. The Morgan fingerprint density at radius 3 is 2.06 bits per heavy atom. The monoisotopic (exact) mass is 465 g/mol. The predicted molar refractivity (Wildman–Crippen MR) is 126 cm³/mol. The number of carbonyl (C=O) groups excluding carboxylic acids is 1. The van der Waals surface area contributed by atoms with Gasteiger partial charge in [-0.25, -0.2) is 0 Å². The lowest BCUT2D eigenvalue weighted by atomic mass is 9.88. The normalized spacial score (nSPS) is 11.5. The van der Waals surface area contributed by atoms with Crippen LogP contribution in [0.4, 0.5) is 13.2 Å². The van der Waals surface area contributed by atoms with E-state index >= 15 is 0 Å². The molecule has 0 aliphatic rings. The number of alkyl halides is 3. The first-order valence-electron chi connectivity index (χ1n) is 10.6. The summed E-state index contributed by atoms with van der Waals surface area (Å²) in [7, 11) is 0. The molecule has 0 bridgehead atoms. The number of hydrogen-bond acceptors (Lipinski definition) is 2. The molecule has 4 rings (SSSR count). The standard InChI is InChI=1S/C27H22F3NOS/c28-27(29,30)22-13-7-12-21(18-22)24-14-15-25(33-24)26(32)31-17-16-23(19-8-3-1-4-9-19)20-10-5-2-6-11-20/h1-15,18,23H,16-17H2,(H,31,32). The summed E-state index contributed by atoms with van der Waals surface area (Å²) in [6.45, 7) is 0.476. The first-order valence-corrected chi connectivity index (χ1v) is 11.4. The summed E-state index contributed by atoms with van der Waals surface area (Å²) in [6, 6.07) is 28.8. The van der Waals surface area contributed by atoms with E-state index in [1.54, 1.807) is 18.2 Å². The third-order valence-corrected chi connectivity index (χ3v) is 6.56. The smallest absolute Gasteiger partial charge is 0.351 e. The molecular formula is C27H22F3NOS. The van der Waals surface area contributed by atoms with E-state index < -0.39 is 11.7 Å². The maximum absolute atomic E-state index is 13.0. The van der Waals surface area contributed by atoms with Gasteiger partial charge in [-0.15, -0.1) is 11.3 Å². The van der Waals surface area contributed by atoms with E-state index in [0.717, 1.165) is 18.6 Å². The van der Waals surface area contributed by atoms with Gasteiger partial charge in [0, 0.05) is 17.3 Å². The van der Waals surface area contributed by atoms with Crippen LogP contribution in [0.3, 0.4) is 0 Å². The predicted octanol–water partition coefficient (Wildman–Crippen LogP) is 7.39. The molecule has 2 nitrogen and oxygen atoms in total. The number of hydrogen-bond donors (Lipinski definition) is 1. The number of benzene rings is 3. The quantitative estimate of drug-likeness (QED) is 0.303. The van der Waals surface area contributed by atoms with Crippen LogP contribution in [0, 0.1) is 0 Å². The van der Waals surface area contributed by atoms with Gasteiger partial charge in [0.2, 0.25) is 0 Å². The van der Waals surface area contributed by atoms with Crippen molar-refractivity contribution in [1.82, 2.24) is 5.32 Å². The molecule has 6 heteroatoms. The molecule has 0 fully saturated rings. The number of thiophene rings is 1. The average Bonchev–Trinajstić information content (AvgIpc) is 3.33. The van der Waals surface area contributed by atoms with E-state index in [1.807, 2.05) is 36.4 Å². The van der Waals surface area contributed by atoms with Gasteiger partial charge in [-0.05, 0) is 47.4 Å². The van der Waals surface area contributed by atoms with Gasteiger partial charge in [0.15, 0.2) is 0 Å². The van der Waals surface area contributed by atoms with Crippen molar-refractivity contribution in [3.05, 3.63) is 119 Å². The molecule has 33 heavy (non-hydrogen) atoms. The van der Waals surface area contributed by atoms with E-state index in [0.29, 0.717) is 21.9 Å². The average molecular weight is 466 g/mol. The van der Waals surface area contributed by atoms with Crippen LogP contribution < -0.4 is 5.32 Å². The van der Waals surface area contributed by atoms with Crippen LogP contribution in [0.2, 0.25) is 0 Å². The lowest BCUT2D eigenvalue weighted by Gasteiger charge is -2.18. The third kappa shape index (κ3) is 5.71. The van der Waals surface area contributed by atoms with Gasteiger partial charge in [-0.1, -0.05) is 72.8 Å². The fourth-order valence-corrected chi connectivity index (χ4v) is 4.70. The Bertz CT molecular complexity index is 1160. The van der Waals surface area contributed by atoms with Crippen LogP contribution in [0.25, 0.3) is 10.4 Å². The molecule has 1 aromatic heterocycles. The van der Waals surface area contributed by atoms with Crippen molar-refractivity contribution in [1.29, 1.82) is 0 Å². The molecule has 0 atom stereocenters. The number of amides is 1. The largest absolute Gasteiger partial charge is 0.416 e. The van der Waals surface area contributed by atoms with Crippen LogP contribution in [0.5, 0.6) is 0 Å². The highest BCUT2D eigenvalue weighted by molar-refractivity contribution is 7.17. The first-order chi connectivity index (χ1) is 15.9. The van der Waals surface area contributed by atoms with Gasteiger partial charge >= 0.3 is 6.18 Å². The zero-order valence-electron chi connectivity index (χ0n) is 17.7. The molecule has 1 N–H and O–H groups in total. The Labute approximate surface area is 194 Å². The number of halogens is 3. The maximum Gasteiger partial charge on any atom is 0.416 e. The minimum Gasteiger partial charge on any atom is -0.351 e. The highest BCUT2D eigenvalue weighted by atomic mass is 32.1. The fourth-order valence-electron chi connectivity index (χ4n) is 3.78. The molecule has 0 aliphatic heterocycles. The highest BCUT2D eigenvalue weighted by Gasteiger charge is 2.30. The molecule has 0 spiro atoms. The Kier molecular flexibility index (Phi) is 6.94. The van der Waals surface area contributed by atoms with Crippen LogP contribution in [-0.4, -0.2) is 12.5 Å². The second-order valence-electron chi connectivity index (χ2n) is 7.66. The zero-order valence-corrected chi connectivity index (χ0v) is 18.5. The molecule has 3 aromatic carbocycles. The summed E-state index contributed by atoms with van der Waals surface area (Å²) in [5.74, 6) is -0.0743. The summed E-state index contributed by atoms with van der Waals surface area (Å²) in [6.07, 6.45) is -3.67. The number of rotatable bonds is 7. The molecule has 0 aliphatic carbocycles. The summed E-state index contributed by atoms with van der Waals surface area (Å²) in [5.41, 5.74) is 2.11. The lowest BCUT2D eigenvalue weighted by molar-refractivity contribution is -0.137. The SMILES string of the molecule is O=C(NCCC(c1ccccc1)c1ccccc1)c1ccc(-c2cccc(C(F)(F)F)c2)s1. The topological polar surface area (TPSA) is 29.1 Å². The zero-order chi connectivity index (χ0) is 23.3. The van der Waals surface area contributed by atoms with Crippen molar-refractivity contribution >= 4 is 17.2 Å². The molecule has 1 amide bonds. The second-order valence-corrected chi connectivity index (χ2v) is 8.74. The third-order valence-electron chi connectivity index (χ3n) is 5.43. The fraction of sp³-hybridized carbons (Fsp3) is 0.148. The number of nitrogens with one attached hydrogen (secondary N) is 1. The minimum absolute atomic E-state index is 0.150. The summed E-state index contributed by atoms with van der Waals surface area (Å²) in [5, 5.41) is 2.96. The molecule has 0 radical (unpaired) electrons. The van der Waals surface area contributed by atoms with Crippen molar-refractivity contribution in [2.45, 2.75) is 18.5 Å². The Morgan fingerprint density at radius 1 is 0.818 bits per heavy atom. The van der Waals surface area contributed by atoms with Crippen molar-refractivity contribution in [2.24, 2.45) is 0 Å². The Balaban J connectivity index is 1.43. The van der Waals surface area contributed by atoms with Gasteiger partial charge in [0.1, 0.15) is 0 Å². The van der Waals surface area contributed by atoms with Crippen molar-refractivity contribution in [2.75, 3.05) is 6.54 Å².